The van der Waals surface area contributed by atoms with E-state index in [9.17, 15) is 4.79 Å². The smallest absolute Gasteiger partial charge is 0.273 e. The second-order valence-electron chi connectivity index (χ2n) is 8.15. The van der Waals surface area contributed by atoms with Crippen LogP contribution in [0, 0.1) is 6.92 Å². The summed E-state index contributed by atoms with van der Waals surface area (Å²) >= 11 is 0. The van der Waals surface area contributed by atoms with Crippen molar-refractivity contribution in [3.8, 4) is 11.4 Å². The molecule has 1 saturated carbocycles. The first-order valence-corrected chi connectivity index (χ1v) is 11.1. The Morgan fingerprint density at radius 2 is 1.97 bits per heavy atom. The number of carbonyl (C=O) groups is 1. The van der Waals surface area contributed by atoms with E-state index >= 15 is 0 Å². The number of aryl methyl sites for hydroxylation is 2. The van der Waals surface area contributed by atoms with Gasteiger partial charge in [0.2, 0.25) is 0 Å². The van der Waals surface area contributed by atoms with Gasteiger partial charge in [0.25, 0.3) is 5.91 Å². The maximum atomic E-state index is 12.3. The predicted octanol–water partition coefficient (Wildman–Crippen LogP) is 2.75. The lowest BCUT2D eigenvalue weighted by Gasteiger charge is -2.30. The summed E-state index contributed by atoms with van der Waals surface area (Å²) in [6, 6.07) is 0.198. The molecule has 0 aromatic carbocycles. The molecule has 4 aromatic rings. The zero-order chi connectivity index (χ0) is 22.8. The van der Waals surface area contributed by atoms with Crippen molar-refractivity contribution in [1.82, 2.24) is 39.8 Å². The molecule has 0 bridgehead atoms. The third-order valence-corrected chi connectivity index (χ3v) is 5.90. The summed E-state index contributed by atoms with van der Waals surface area (Å²) in [5, 5.41) is 6.60. The average Bonchev–Trinajstić information content (AvgIpc) is 3.49. The van der Waals surface area contributed by atoms with Gasteiger partial charge in [-0.25, -0.2) is 29.9 Å². The predicted molar refractivity (Wildman–Crippen MR) is 120 cm³/mol. The van der Waals surface area contributed by atoms with Gasteiger partial charge < -0.3 is 19.6 Å². The van der Waals surface area contributed by atoms with Gasteiger partial charge in [-0.05, 0) is 39.5 Å². The molecule has 0 spiro atoms. The Kier molecular flexibility index (Phi) is 5.68. The largest absolute Gasteiger partial charge is 0.451 e. The van der Waals surface area contributed by atoms with Gasteiger partial charge in [0.1, 0.15) is 24.2 Å². The first-order chi connectivity index (χ1) is 16.1. The van der Waals surface area contributed by atoms with Crippen LogP contribution in [0.1, 0.15) is 48.9 Å². The van der Waals surface area contributed by atoms with Gasteiger partial charge >= 0.3 is 0 Å². The fourth-order valence-corrected chi connectivity index (χ4v) is 4.30. The number of imidazole rings is 1. The van der Waals surface area contributed by atoms with Crippen molar-refractivity contribution in [2.24, 2.45) is 0 Å². The summed E-state index contributed by atoms with van der Waals surface area (Å²) in [6.45, 7) is 4.61. The SMILES string of the molecule is CCn1c(-c2cnc(C)nc2)nc2c(NC3CCCC(NC(=O)c4cocn4)C3)ncnc21. The van der Waals surface area contributed by atoms with Crippen molar-refractivity contribution >= 4 is 22.9 Å². The molecule has 0 aliphatic heterocycles. The van der Waals surface area contributed by atoms with E-state index < -0.39 is 0 Å². The fourth-order valence-electron chi connectivity index (χ4n) is 4.30. The number of rotatable bonds is 6. The molecule has 4 heterocycles. The number of anilines is 1. The number of nitrogens with zero attached hydrogens (tertiary/aromatic N) is 7. The number of aromatic nitrogens is 7. The summed E-state index contributed by atoms with van der Waals surface area (Å²) in [6.07, 6.45) is 11.4. The molecule has 170 valence electrons. The van der Waals surface area contributed by atoms with Crippen LogP contribution in [0.4, 0.5) is 5.82 Å². The van der Waals surface area contributed by atoms with Crippen molar-refractivity contribution in [3.05, 3.63) is 42.9 Å². The van der Waals surface area contributed by atoms with Gasteiger partial charge in [-0.3, -0.25) is 4.79 Å². The van der Waals surface area contributed by atoms with E-state index in [1.54, 1.807) is 18.7 Å². The molecule has 2 N–H and O–H groups in total. The van der Waals surface area contributed by atoms with Gasteiger partial charge in [-0.1, -0.05) is 0 Å². The number of amides is 1. The average molecular weight is 448 g/mol. The van der Waals surface area contributed by atoms with Crippen LogP contribution in [0.15, 0.2) is 35.8 Å². The minimum Gasteiger partial charge on any atom is -0.451 e. The van der Waals surface area contributed by atoms with Gasteiger partial charge in [0.05, 0.1) is 5.56 Å². The molecule has 2 atom stereocenters. The van der Waals surface area contributed by atoms with E-state index in [0.717, 1.165) is 42.7 Å². The summed E-state index contributed by atoms with van der Waals surface area (Å²) in [7, 11) is 0. The van der Waals surface area contributed by atoms with Crippen molar-refractivity contribution in [2.75, 3.05) is 5.32 Å². The molecule has 33 heavy (non-hydrogen) atoms. The number of nitrogens with one attached hydrogen (secondary N) is 2. The monoisotopic (exact) mass is 447 g/mol. The Morgan fingerprint density at radius 1 is 1.15 bits per heavy atom. The molecule has 0 radical (unpaired) electrons. The van der Waals surface area contributed by atoms with Gasteiger partial charge in [0.15, 0.2) is 29.1 Å². The van der Waals surface area contributed by atoms with E-state index in [4.69, 9.17) is 9.40 Å². The molecule has 11 nitrogen and oxygen atoms in total. The second-order valence-corrected chi connectivity index (χ2v) is 8.15. The molecule has 4 aromatic heterocycles. The lowest BCUT2D eigenvalue weighted by atomic mass is 9.91. The minimum absolute atomic E-state index is 0.0474. The highest BCUT2D eigenvalue weighted by Gasteiger charge is 2.26. The fraction of sp³-hybridized carbons (Fsp3) is 0.409. The third kappa shape index (κ3) is 4.26. The number of hydrogen-bond donors (Lipinski definition) is 2. The minimum atomic E-state index is -0.217. The van der Waals surface area contributed by atoms with E-state index in [1.807, 2.05) is 11.5 Å². The van der Waals surface area contributed by atoms with Gasteiger partial charge in [0, 0.05) is 31.0 Å². The number of oxazole rings is 1. The normalized spacial score (nSPS) is 18.4. The zero-order valence-electron chi connectivity index (χ0n) is 18.5. The maximum Gasteiger partial charge on any atom is 0.273 e. The van der Waals surface area contributed by atoms with Crippen LogP contribution in [0.5, 0.6) is 0 Å². The van der Waals surface area contributed by atoms with E-state index in [1.165, 1.54) is 12.7 Å². The Labute approximate surface area is 190 Å². The summed E-state index contributed by atoms with van der Waals surface area (Å²) in [4.78, 5) is 38.7. The topological polar surface area (TPSA) is 137 Å². The van der Waals surface area contributed by atoms with Crippen LogP contribution in [-0.2, 0) is 6.54 Å². The molecule has 1 aliphatic carbocycles. The maximum absolute atomic E-state index is 12.3. The first kappa shape index (κ1) is 21.0. The molecular weight excluding hydrogens is 422 g/mol. The summed E-state index contributed by atoms with van der Waals surface area (Å²) in [5.41, 5.74) is 2.60. The van der Waals surface area contributed by atoms with Crippen LogP contribution in [0.25, 0.3) is 22.6 Å². The zero-order valence-corrected chi connectivity index (χ0v) is 18.5. The summed E-state index contributed by atoms with van der Waals surface area (Å²) in [5.74, 6) is 1.94. The van der Waals surface area contributed by atoms with Crippen LogP contribution >= 0.6 is 0 Å². The standard InChI is InChI=1S/C22H25N9O2/c1-3-31-20(14-8-23-13(2)24-9-14)30-18-19(25-11-26-21(18)31)28-15-5-4-6-16(7-15)29-22(32)17-10-33-12-27-17/h8-12,15-16H,3-7H2,1-2H3,(H,29,32)(H,25,26,28). The Bertz CT molecular complexity index is 1250. The second kappa shape index (κ2) is 8.93. The van der Waals surface area contributed by atoms with Crippen molar-refractivity contribution < 1.29 is 9.21 Å². The Morgan fingerprint density at radius 3 is 2.73 bits per heavy atom. The lowest BCUT2D eigenvalue weighted by molar-refractivity contribution is 0.0921. The van der Waals surface area contributed by atoms with Gasteiger partial charge in [-0.15, -0.1) is 0 Å². The van der Waals surface area contributed by atoms with Crippen molar-refractivity contribution in [3.63, 3.8) is 0 Å². The molecule has 1 amide bonds. The van der Waals surface area contributed by atoms with E-state index in [0.29, 0.717) is 29.4 Å². The highest BCUT2D eigenvalue weighted by atomic mass is 16.3. The van der Waals surface area contributed by atoms with Crippen molar-refractivity contribution in [1.29, 1.82) is 0 Å². The number of fused-ring (bicyclic) bond motifs is 1. The molecule has 1 aliphatic rings. The number of carbonyl (C=O) groups excluding carboxylic acids is 1. The van der Waals surface area contributed by atoms with E-state index in [-0.39, 0.29) is 18.0 Å². The quantitative estimate of drug-likeness (QED) is 0.457. The molecule has 0 saturated heterocycles. The molecule has 1 fully saturated rings. The van der Waals surface area contributed by atoms with Crippen molar-refractivity contribution in [2.45, 2.75) is 58.2 Å². The lowest BCUT2D eigenvalue weighted by Crippen LogP contribution is -2.42. The highest BCUT2D eigenvalue weighted by molar-refractivity contribution is 5.92. The van der Waals surface area contributed by atoms with Gasteiger partial charge in [-0.2, -0.15) is 0 Å². The van der Waals surface area contributed by atoms with Crippen LogP contribution in [0.2, 0.25) is 0 Å². The molecule has 11 heteroatoms. The highest BCUT2D eigenvalue weighted by Crippen LogP contribution is 2.28. The van der Waals surface area contributed by atoms with Crippen LogP contribution in [0.3, 0.4) is 0 Å². The first-order valence-electron chi connectivity index (χ1n) is 11.1. The number of hydrogen-bond acceptors (Lipinski definition) is 9. The molecular formula is C22H25N9O2. The van der Waals surface area contributed by atoms with Crippen LogP contribution in [-0.4, -0.2) is 52.5 Å². The Balaban J connectivity index is 1.37. The third-order valence-electron chi connectivity index (χ3n) is 5.90. The summed E-state index contributed by atoms with van der Waals surface area (Å²) < 4.78 is 6.95. The molecule has 5 rings (SSSR count). The Hall–Kier alpha value is -3.89. The molecule has 2 unspecified atom stereocenters. The van der Waals surface area contributed by atoms with Crippen LogP contribution < -0.4 is 10.6 Å². The van der Waals surface area contributed by atoms with E-state index in [2.05, 4.69) is 42.5 Å².